The van der Waals surface area contributed by atoms with Crippen molar-refractivity contribution in [2.24, 2.45) is 0 Å². The van der Waals surface area contributed by atoms with Crippen molar-refractivity contribution in [2.75, 3.05) is 16.8 Å². The molecule has 2 heterocycles. The Labute approximate surface area is 152 Å². The first-order valence-corrected chi connectivity index (χ1v) is 8.84. The van der Waals surface area contributed by atoms with Crippen molar-refractivity contribution in [3.05, 3.63) is 71.2 Å². The summed E-state index contributed by atoms with van der Waals surface area (Å²) in [4.78, 5) is 11.3. The highest BCUT2D eigenvalue weighted by Gasteiger charge is 2.21. The second-order valence-electron chi connectivity index (χ2n) is 6.67. The molecular weight excluding hydrogens is 327 g/mol. The van der Waals surface area contributed by atoms with Crippen molar-refractivity contribution in [1.82, 2.24) is 9.97 Å². The van der Waals surface area contributed by atoms with Crippen molar-refractivity contribution >= 4 is 23.1 Å². The number of nitrogens with zero attached hydrogens (tertiary/aromatic N) is 3. The minimum Gasteiger partial charge on any atom is -0.326 e. The van der Waals surface area contributed by atoms with E-state index in [-0.39, 0.29) is 5.82 Å². The van der Waals surface area contributed by atoms with Crippen molar-refractivity contribution < 1.29 is 4.39 Å². The molecule has 132 valence electrons. The van der Waals surface area contributed by atoms with Crippen LogP contribution >= 0.6 is 0 Å². The third kappa shape index (κ3) is 3.12. The Kier molecular flexibility index (Phi) is 4.29. The Hall–Kier alpha value is -2.95. The molecule has 0 atom stereocenters. The van der Waals surface area contributed by atoms with E-state index in [1.807, 2.05) is 6.07 Å². The quantitative estimate of drug-likeness (QED) is 0.718. The fraction of sp³-hybridized carbons (Fsp3) is 0.238. The van der Waals surface area contributed by atoms with Crippen molar-refractivity contribution in [3.8, 4) is 0 Å². The monoisotopic (exact) mass is 348 g/mol. The zero-order valence-corrected chi connectivity index (χ0v) is 15.0. The molecule has 1 N–H and O–H groups in total. The Morgan fingerprint density at radius 2 is 1.96 bits per heavy atom. The van der Waals surface area contributed by atoms with Gasteiger partial charge in [-0.1, -0.05) is 18.2 Å². The number of hydrogen-bond acceptors (Lipinski definition) is 4. The zero-order valence-electron chi connectivity index (χ0n) is 15.0. The lowest BCUT2D eigenvalue weighted by Gasteiger charge is -2.32. The molecule has 0 bridgehead atoms. The van der Waals surface area contributed by atoms with Gasteiger partial charge in [0.2, 0.25) is 5.95 Å². The number of benzene rings is 2. The van der Waals surface area contributed by atoms with Crippen LogP contribution in [0.3, 0.4) is 0 Å². The lowest BCUT2D eigenvalue weighted by molar-refractivity contribution is 0.619. The van der Waals surface area contributed by atoms with Crippen LogP contribution in [0.4, 0.5) is 27.5 Å². The van der Waals surface area contributed by atoms with E-state index >= 15 is 0 Å². The average Bonchev–Trinajstić information content (AvgIpc) is 2.65. The maximum atomic E-state index is 13.5. The van der Waals surface area contributed by atoms with Crippen molar-refractivity contribution in [3.63, 3.8) is 0 Å². The number of anilines is 4. The van der Waals surface area contributed by atoms with E-state index in [1.54, 1.807) is 25.3 Å². The highest BCUT2D eigenvalue weighted by atomic mass is 19.1. The Bertz CT molecular complexity index is 954. The van der Waals surface area contributed by atoms with Crippen LogP contribution in [0.25, 0.3) is 0 Å². The fourth-order valence-electron chi connectivity index (χ4n) is 3.49. The summed E-state index contributed by atoms with van der Waals surface area (Å²) in [6.45, 7) is 4.81. The van der Waals surface area contributed by atoms with Crippen LogP contribution in [-0.2, 0) is 6.42 Å². The van der Waals surface area contributed by atoms with E-state index in [9.17, 15) is 4.39 Å². The number of aryl methyl sites for hydroxylation is 3. The summed E-state index contributed by atoms with van der Waals surface area (Å²) in [5.74, 6) is 1.16. The van der Waals surface area contributed by atoms with Crippen LogP contribution in [-0.4, -0.2) is 16.5 Å². The summed E-state index contributed by atoms with van der Waals surface area (Å²) >= 11 is 0. The van der Waals surface area contributed by atoms with E-state index in [2.05, 4.69) is 40.3 Å². The molecule has 0 saturated heterocycles. The van der Waals surface area contributed by atoms with Crippen LogP contribution in [0.5, 0.6) is 0 Å². The molecule has 5 heteroatoms. The molecule has 0 radical (unpaired) electrons. The Balaban J connectivity index is 1.66. The van der Waals surface area contributed by atoms with Gasteiger partial charge in [0, 0.05) is 24.1 Å². The van der Waals surface area contributed by atoms with Crippen LogP contribution in [0, 0.1) is 19.7 Å². The van der Waals surface area contributed by atoms with Crippen molar-refractivity contribution in [1.29, 1.82) is 0 Å². The molecule has 0 spiro atoms. The number of rotatable bonds is 3. The standard InChI is InChI=1S/C21H21FN4/c1-14-5-3-6-16-7-4-12-26(20(14)16)19-10-11-23-21(25-19)24-17-8-9-18(22)15(2)13-17/h3,5-6,8-11,13H,4,7,12H2,1-2H3,(H,23,24,25). The smallest absolute Gasteiger partial charge is 0.229 e. The first-order valence-electron chi connectivity index (χ1n) is 8.84. The predicted molar refractivity (Wildman–Crippen MR) is 103 cm³/mol. The first-order chi connectivity index (χ1) is 12.6. The Morgan fingerprint density at radius 3 is 2.81 bits per heavy atom. The second-order valence-corrected chi connectivity index (χ2v) is 6.67. The molecule has 1 aromatic heterocycles. The second kappa shape index (κ2) is 6.75. The number of nitrogens with one attached hydrogen (secondary N) is 1. The summed E-state index contributed by atoms with van der Waals surface area (Å²) < 4.78 is 13.5. The molecule has 26 heavy (non-hydrogen) atoms. The predicted octanol–water partition coefficient (Wildman–Crippen LogP) is 5.06. The SMILES string of the molecule is Cc1cc(Nc2nccc(N3CCCc4cccc(C)c43)n2)ccc1F. The highest BCUT2D eigenvalue weighted by molar-refractivity contribution is 5.69. The molecule has 4 rings (SSSR count). The maximum absolute atomic E-state index is 13.5. The third-order valence-corrected chi connectivity index (χ3v) is 4.75. The lowest BCUT2D eigenvalue weighted by Crippen LogP contribution is -2.26. The topological polar surface area (TPSA) is 41.1 Å². The van der Waals surface area contributed by atoms with E-state index < -0.39 is 0 Å². The third-order valence-electron chi connectivity index (χ3n) is 4.75. The van der Waals surface area contributed by atoms with Crippen LogP contribution in [0.2, 0.25) is 0 Å². The van der Waals surface area contributed by atoms with E-state index in [1.165, 1.54) is 22.9 Å². The summed E-state index contributed by atoms with van der Waals surface area (Å²) in [5.41, 5.74) is 5.23. The largest absolute Gasteiger partial charge is 0.326 e. The lowest BCUT2D eigenvalue weighted by atomic mass is 9.98. The van der Waals surface area contributed by atoms with Gasteiger partial charge >= 0.3 is 0 Å². The average molecular weight is 348 g/mol. The molecule has 4 nitrogen and oxygen atoms in total. The Morgan fingerprint density at radius 1 is 1.08 bits per heavy atom. The number of hydrogen-bond donors (Lipinski definition) is 1. The number of fused-ring (bicyclic) bond motifs is 1. The molecule has 0 saturated carbocycles. The molecular formula is C21H21FN4. The summed E-state index contributed by atoms with van der Waals surface area (Å²) in [6, 6.07) is 13.3. The van der Waals surface area contributed by atoms with Crippen molar-refractivity contribution in [2.45, 2.75) is 26.7 Å². The van der Waals surface area contributed by atoms with E-state index in [4.69, 9.17) is 4.98 Å². The maximum Gasteiger partial charge on any atom is 0.229 e. The number of halogens is 1. The summed E-state index contributed by atoms with van der Waals surface area (Å²) in [7, 11) is 0. The van der Waals surface area contributed by atoms with Gasteiger partial charge in [0.1, 0.15) is 11.6 Å². The fourth-order valence-corrected chi connectivity index (χ4v) is 3.49. The molecule has 0 amide bonds. The molecule has 3 aromatic rings. The molecule has 1 aliphatic rings. The molecule has 0 fully saturated rings. The number of para-hydroxylation sites is 1. The van der Waals surface area contributed by atoms with Crippen LogP contribution < -0.4 is 10.2 Å². The normalized spacial score (nSPS) is 13.4. The molecule has 1 aliphatic heterocycles. The van der Waals surface area contributed by atoms with Gasteiger partial charge in [-0.05, 0) is 67.6 Å². The molecule has 2 aromatic carbocycles. The van der Waals surface area contributed by atoms with Gasteiger partial charge in [-0.2, -0.15) is 4.98 Å². The van der Waals surface area contributed by atoms with Gasteiger partial charge < -0.3 is 10.2 Å². The van der Waals surface area contributed by atoms with Gasteiger partial charge in [0.25, 0.3) is 0 Å². The van der Waals surface area contributed by atoms with Gasteiger partial charge in [-0.15, -0.1) is 0 Å². The summed E-state index contributed by atoms with van der Waals surface area (Å²) in [6.07, 6.45) is 3.95. The van der Waals surface area contributed by atoms with Crippen LogP contribution in [0.1, 0.15) is 23.1 Å². The summed E-state index contributed by atoms with van der Waals surface area (Å²) in [5, 5.41) is 3.17. The molecule has 0 aliphatic carbocycles. The van der Waals surface area contributed by atoms with Gasteiger partial charge in [0.05, 0.1) is 0 Å². The van der Waals surface area contributed by atoms with E-state index in [0.29, 0.717) is 11.5 Å². The van der Waals surface area contributed by atoms with Gasteiger partial charge in [-0.25, -0.2) is 9.37 Å². The van der Waals surface area contributed by atoms with E-state index in [0.717, 1.165) is 30.9 Å². The van der Waals surface area contributed by atoms with Gasteiger partial charge in [-0.3, -0.25) is 0 Å². The zero-order chi connectivity index (χ0) is 18.1. The molecule has 0 unspecified atom stereocenters. The first kappa shape index (κ1) is 16.5. The highest BCUT2D eigenvalue weighted by Crippen LogP contribution is 2.35. The number of aromatic nitrogens is 2. The van der Waals surface area contributed by atoms with Gasteiger partial charge in [0.15, 0.2) is 0 Å². The minimum atomic E-state index is -0.217. The van der Waals surface area contributed by atoms with Crippen LogP contribution in [0.15, 0.2) is 48.7 Å². The minimum absolute atomic E-state index is 0.217.